The number of aliphatic hydroxyl groups excluding tert-OH is 3. The molecule has 0 rings (SSSR count). The summed E-state index contributed by atoms with van der Waals surface area (Å²) in [6, 6.07) is 0. The van der Waals surface area contributed by atoms with Gasteiger partial charge in [0.25, 0.3) is 0 Å². The molecule has 0 aliphatic carbocycles. The standard InChI is InChI=1S/C18H32Br2O9/c1-16(2,19)13(23)28-10-18(5,11-29-14(24)17(3,4)20)15(25)27-7-6-26-9-12(22)8-21/h12-13,21-23H,6-11H2,1-5H3. The van der Waals surface area contributed by atoms with Gasteiger partial charge in [0.2, 0.25) is 0 Å². The Hall–Kier alpha value is -0.300. The molecule has 0 aliphatic rings. The maximum atomic E-state index is 12.6. The number of alkyl halides is 2. The first-order chi connectivity index (χ1) is 13.1. The summed E-state index contributed by atoms with van der Waals surface area (Å²) in [6.07, 6.45) is -2.23. The molecule has 0 aromatic carbocycles. The zero-order chi connectivity index (χ0) is 22.9. The molecule has 3 N–H and O–H groups in total. The highest BCUT2D eigenvalue weighted by atomic mass is 79.9. The Morgan fingerprint density at radius 1 is 0.931 bits per heavy atom. The van der Waals surface area contributed by atoms with Crippen molar-refractivity contribution in [2.75, 3.05) is 39.6 Å². The Kier molecular flexibility index (Phi) is 12.4. The van der Waals surface area contributed by atoms with Crippen molar-refractivity contribution in [1.82, 2.24) is 0 Å². The van der Waals surface area contributed by atoms with Gasteiger partial charge in [-0.05, 0) is 34.6 Å². The number of rotatable bonds is 14. The number of aliphatic hydroxyl groups is 3. The second-order valence-corrected chi connectivity index (χ2v) is 11.9. The first-order valence-corrected chi connectivity index (χ1v) is 10.6. The maximum Gasteiger partial charge on any atom is 0.322 e. The van der Waals surface area contributed by atoms with Crippen LogP contribution in [0, 0.1) is 5.41 Å². The minimum atomic E-state index is -1.38. The van der Waals surface area contributed by atoms with Gasteiger partial charge >= 0.3 is 11.9 Å². The molecule has 0 aliphatic heterocycles. The van der Waals surface area contributed by atoms with Crippen LogP contribution >= 0.6 is 31.9 Å². The lowest BCUT2D eigenvalue weighted by molar-refractivity contribution is -0.182. The summed E-state index contributed by atoms with van der Waals surface area (Å²) in [6.45, 7) is 6.87. The number of halogens is 2. The molecule has 29 heavy (non-hydrogen) atoms. The van der Waals surface area contributed by atoms with Crippen LogP contribution in [0.4, 0.5) is 0 Å². The Morgan fingerprint density at radius 2 is 1.52 bits per heavy atom. The molecule has 0 spiro atoms. The molecular formula is C18H32Br2O9. The highest BCUT2D eigenvalue weighted by Crippen LogP contribution is 2.27. The molecule has 0 saturated heterocycles. The van der Waals surface area contributed by atoms with Gasteiger partial charge in [0.15, 0.2) is 6.29 Å². The van der Waals surface area contributed by atoms with Crippen LogP contribution in [0.15, 0.2) is 0 Å². The lowest BCUT2D eigenvalue weighted by Crippen LogP contribution is -2.44. The summed E-state index contributed by atoms with van der Waals surface area (Å²) < 4.78 is 19.2. The normalized spacial score (nSPS) is 16.6. The van der Waals surface area contributed by atoms with Crippen LogP contribution < -0.4 is 0 Å². The minimum Gasteiger partial charge on any atom is -0.463 e. The van der Waals surface area contributed by atoms with Crippen LogP contribution in [0.1, 0.15) is 34.6 Å². The van der Waals surface area contributed by atoms with E-state index in [-0.39, 0.29) is 33.0 Å². The summed E-state index contributed by atoms with van der Waals surface area (Å²) in [7, 11) is 0. The van der Waals surface area contributed by atoms with Crippen molar-refractivity contribution < 1.29 is 43.9 Å². The molecule has 0 fully saturated rings. The van der Waals surface area contributed by atoms with Crippen LogP contribution in [0.2, 0.25) is 0 Å². The minimum absolute atomic E-state index is 0.00497. The third-order valence-electron chi connectivity index (χ3n) is 3.63. The number of esters is 2. The van der Waals surface area contributed by atoms with Gasteiger partial charge in [-0.1, -0.05) is 31.9 Å². The van der Waals surface area contributed by atoms with Gasteiger partial charge in [-0.15, -0.1) is 0 Å². The van der Waals surface area contributed by atoms with Gasteiger partial charge in [-0.2, -0.15) is 0 Å². The van der Waals surface area contributed by atoms with E-state index in [1.165, 1.54) is 6.92 Å². The zero-order valence-electron chi connectivity index (χ0n) is 17.4. The molecule has 3 atom stereocenters. The molecule has 0 bridgehead atoms. The predicted molar refractivity (Wildman–Crippen MR) is 112 cm³/mol. The molecule has 0 aromatic rings. The number of hydrogen-bond donors (Lipinski definition) is 3. The number of carbonyl (C=O) groups excluding carboxylic acids is 2. The molecule has 0 radical (unpaired) electrons. The highest BCUT2D eigenvalue weighted by Gasteiger charge is 2.40. The predicted octanol–water partition coefficient (Wildman–Crippen LogP) is 1.13. The van der Waals surface area contributed by atoms with Crippen LogP contribution in [0.3, 0.4) is 0 Å². The molecule has 0 aromatic heterocycles. The average molecular weight is 552 g/mol. The van der Waals surface area contributed by atoms with Crippen molar-refractivity contribution in [3.05, 3.63) is 0 Å². The lowest BCUT2D eigenvalue weighted by Gasteiger charge is -2.31. The van der Waals surface area contributed by atoms with Gasteiger partial charge < -0.3 is 34.3 Å². The number of hydrogen-bond acceptors (Lipinski definition) is 9. The third kappa shape index (κ3) is 11.6. The number of ether oxygens (including phenoxy) is 4. The van der Waals surface area contributed by atoms with E-state index >= 15 is 0 Å². The van der Waals surface area contributed by atoms with Crippen LogP contribution in [0.5, 0.6) is 0 Å². The summed E-state index contributed by atoms with van der Waals surface area (Å²) in [4.78, 5) is 24.6. The molecule has 0 heterocycles. The second kappa shape index (κ2) is 12.5. The van der Waals surface area contributed by atoms with E-state index in [0.29, 0.717) is 0 Å². The molecule has 0 saturated carbocycles. The van der Waals surface area contributed by atoms with Crippen molar-refractivity contribution in [1.29, 1.82) is 0 Å². The molecular weight excluding hydrogens is 520 g/mol. The topological polar surface area (TPSA) is 132 Å². The molecule has 3 unspecified atom stereocenters. The maximum absolute atomic E-state index is 12.6. The monoisotopic (exact) mass is 550 g/mol. The Balaban J connectivity index is 4.91. The van der Waals surface area contributed by atoms with Gasteiger partial charge in [0, 0.05) is 0 Å². The first kappa shape index (κ1) is 28.7. The van der Waals surface area contributed by atoms with E-state index in [0.717, 1.165) is 0 Å². The quantitative estimate of drug-likeness (QED) is 0.126. The van der Waals surface area contributed by atoms with Gasteiger partial charge in [-0.25, -0.2) is 0 Å². The van der Waals surface area contributed by atoms with E-state index < -0.39 is 45.0 Å². The average Bonchev–Trinajstić information content (AvgIpc) is 2.61. The van der Waals surface area contributed by atoms with Crippen LogP contribution in [0.25, 0.3) is 0 Å². The van der Waals surface area contributed by atoms with Crippen LogP contribution in [-0.2, 0) is 28.5 Å². The van der Waals surface area contributed by atoms with E-state index in [9.17, 15) is 19.8 Å². The largest absolute Gasteiger partial charge is 0.463 e. The molecule has 11 heteroatoms. The SMILES string of the molecule is CC(C)(Br)C(=O)OCC(C)(COC(O)C(C)(C)Br)C(=O)OCCOCC(O)CO. The lowest BCUT2D eigenvalue weighted by atomic mass is 9.93. The van der Waals surface area contributed by atoms with Crippen molar-refractivity contribution >= 4 is 43.8 Å². The van der Waals surface area contributed by atoms with Crippen LogP contribution in [-0.4, -0.2) is 87.9 Å². The number of carbonyl (C=O) groups is 2. The summed E-state index contributed by atoms with van der Waals surface area (Å²) >= 11 is 6.47. The molecule has 172 valence electrons. The van der Waals surface area contributed by atoms with E-state index in [2.05, 4.69) is 31.9 Å². The Morgan fingerprint density at radius 3 is 2.00 bits per heavy atom. The van der Waals surface area contributed by atoms with E-state index in [4.69, 9.17) is 24.1 Å². The summed E-state index contributed by atoms with van der Waals surface area (Å²) in [5.41, 5.74) is -1.38. The molecule has 9 nitrogen and oxygen atoms in total. The molecule has 0 amide bonds. The van der Waals surface area contributed by atoms with Crippen molar-refractivity contribution in [2.24, 2.45) is 5.41 Å². The Labute approximate surface area is 188 Å². The van der Waals surface area contributed by atoms with Gasteiger partial charge in [0.05, 0.1) is 30.8 Å². The third-order valence-corrected chi connectivity index (χ3v) is 4.34. The fraction of sp³-hybridized carbons (Fsp3) is 0.889. The fourth-order valence-corrected chi connectivity index (χ4v) is 1.90. The van der Waals surface area contributed by atoms with E-state index in [1.807, 2.05) is 0 Å². The first-order valence-electron chi connectivity index (χ1n) is 9.02. The Bertz CT molecular complexity index is 516. The van der Waals surface area contributed by atoms with E-state index in [1.54, 1.807) is 27.7 Å². The highest BCUT2D eigenvalue weighted by molar-refractivity contribution is 9.10. The van der Waals surface area contributed by atoms with Gasteiger partial charge in [0.1, 0.15) is 29.1 Å². The summed E-state index contributed by atoms with van der Waals surface area (Å²) in [5.74, 6) is -1.28. The summed E-state index contributed by atoms with van der Waals surface area (Å²) in [5, 5.41) is 28.0. The van der Waals surface area contributed by atoms with Gasteiger partial charge in [-0.3, -0.25) is 9.59 Å². The van der Waals surface area contributed by atoms with Crippen molar-refractivity contribution in [3.8, 4) is 0 Å². The smallest absolute Gasteiger partial charge is 0.322 e. The second-order valence-electron chi connectivity index (χ2n) is 7.88. The zero-order valence-corrected chi connectivity index (χ0v) is 20.6. The fourth-order valence-electron chi connectivity index (χ4n) is 1.66. The van der Waals surface area contributed by atoms with Crippen molar-refractivity contribution in [2.45, 2.75) is 55.7 Å². The van der Waals surface area contributed by atoms with Crippen molar-refractivity contribution in [3.63, 3.8) is 0 Å².